The zero-order valence-corrected chi connectivity index (χ0v) is 17.6. The number of thiazole rings is 1. The predicted octanol–water partition coefficient (Wildman–Crippen LogP) is 3.88. The van der Waals surface area contributed by atoms with Crippen LogP contribution in [0.25, 0.3) is 0 Å². The minimum atomic E-state index is -0.300. The Hall–Kier alpha value is -3.07. The highest BCUT2D eigenvalue weighted by Gasteiger charge is 2.32. The molecule has 3 heterocycles. The molecule has 2 amide bonds. The summed E-state index contributed by atoms with van der Waals surface area (Å²) in [5.74, 6) is -0.294. The number of rotatable bonds is 7. The molecule has 0 saturated carbocycles. The predicted molar refractivity (Wildman–Crippen MR) is 112 cm³/mol. The van der Waals surface area contributed by atoms with Gasteiger partial charge in [-0.25, -0.2) is 14.2 Å². The van der Waals surface area contributed by atoms with E-state index < -0.39 is 0 Å². The lowest BCUT2D eigenvalue weighted by molar-refractivity contribution is 0.0985. The summed E-state index contributed by atoms with van der Waals surface area (Å²) in [6, 6.07) is 7.91. The zero-order valence-electron chi connectivity index (χ0n) is 16.8. The molecule has 9 heteroatoms. The third kappa shape index (κ3) is 4.25. The summed E-state index contributed by atoms with van der Waals surface area (Å²) in [5.41, 5.74) is 3.33. The number of aromatic nitrogens is 3. The lowest BCUT2D eigenvalue weighted by Crippen LogP contribution is -2.31. The number of anilines is 1. The maximum Gasteiger partial charge on any atom is 0.326 e. The Labute approximate surface area is 177 Å². The number of nitrogens with zero attached hydrogens (tertiary/aromatic N) is 4. The fourth-order valence-electron chi connectivity index (χ4n) is 3.43. The number of aromatic amines is 1. The molecule has 1 aromatic carbocycles. The Morgan fingerprint density at radius 3 is 2.70 bits per heavy atom. The van der Waals surface area contributed by atoms with Gasteiger partial charge in [-0.05, 0) is 44.0 Å². The van der Waals surface area contributed by atoms with E-state index in [9.17, 15) is 14.0 Å². The molecular weight excluding hydrogens is 405 g/mol. The molecule has 1 N–H and O–H groups in total. The quantitative estimate of drug-likeness (QED) is 0.580. The van der Waals surface area contributed by atoms with Crippen molar-refractivity contribution < 1.29 is 14.0 Å². The maximum absolute atomic E-state index is 13.1. The summed E-state index contributed by atoms with van der Waals surface area (Å²) in [5, 5.41) is 7.58. The number of benzene rings is 1. The number of hydrogen-bond donors (Lipinski definition) is 1. The van der Waals surface area contributed by atoms with Gasteiger partial charge in [-0.3, -0.25) is 14.8 Å². The number of nitrogens with one attached hydrogen (secondary N) is 1. The van der Waals surface area contributed by atoms with Crippen LogP contribution in [0, 0.1) is 19.7 Å². The zero-order chi connectivity index (χ0) is 21.3. The number of ketones is 1. The first-order chi connectivity index (χ1) is 14.4. The van der Waals surface area contributed by atoms with Crippen LogP contribution in [0.5, 0.6) is 0 Å². The lowest BCUT2D eigenvalue weighted by Gasteiger charge is -2.16. The van der Waals surface area contributed by atoms with Gasteiger partial charge in [-0.2, -0.15) is 5.10 Å². The first-order valence-electron chi connectivity index (χ1n) is 9.73. The molecular formula is C21H22FN5O2S. The molecule has 2 aromatic heterocycles. The molecule has 7 nitrogen and oxygen atoms in total. The van der Waals surface area contributed by atoms with Crippen molar-refractivity contribution in [3.63, 3.8) is 0 Å². The molecule has 30 heavy (non-hydrogen) atoms. The number of hydrogen-bond acceptors (Lipinski definition) is 5. The van der Waals surface area contributed by atoms with Gasteiger partial charge in [0.15, 0.2) is 10.9 Å². The van der Waals surface area contributed by atoms with Crippen LogP contribution >= 0.6 is 11.3 Å². The van der Waals surface area contributed by atoms with Crippen molar-refractivity contribution in [2.24, 2.45) is 0 Å². The highest BCUT2D eigenvalue weighted by atomic mass is 32.1. The smallest absolute Gasteiger partial charge is 0.318 e. The Kier molecular flexibility index (Phi) is 5.63. The average Bonchev–Trinajstić information content (AvgIpc) is 3.41. The second-order valence-electron chi connectivity index (χ2n) is 7.36. The molecule has 0 spiro atoms. The molecule has 0 unspecified atom stereocenters. The number of urea groups is 1. The van der Waals surface area contributed by atoms with E-state index in [1.807, 2.05) is 13.0 Å². The largest absolute Gasteiger partial charge is 0.326 e. The fraction of sp³-hybridized carbons (Fsp3) is 0.333. The van der Waals surface area contributed by atoms with Crippen molar-refractivity contribution in [2.45, 2.75) is 33.2 Å². The highest BCUT2D eigenvalue weighted by Crippen LogP contribution is 2.30. The number of aryl methyl sites for hydroxylation is 3. The second kappa shape index (κ2) is 8.35. The number of amides is 2. The van der Waals surface area contributed by atoms with Crippen molar-refractivity contribution in [3.8, 4) is 0 Å². The van der Waals surface area contributed by atoms with Gasteiger partial charge < -0.3 is 4.90 Å². The first-order valence-corrected chi connectivity index (χ1v) is 10.5. The number of carbonyl (C=O) groups excluding carboxylic acids is 2. The molecule has 0 atom stereocenters. The Balaban J connectivity index is 1.41. The van der Waals surface area contributed by atoms with E-state index >= 15 is 0 Å². The summed E-state index contributed by atoms with van der Waals surface area (Å²) in [6.07, 6.45) is 0.904. The van der Waals surface area contributed by atoms with Crippen LogP contribution in [0.15, 0.2) is 30.3 Å². The van der Waals surface area contributed by atoms with Gasteiger partial charge in [0.2, 0.25) is 0 Å². The molecule has 1 aliphatic rings. The monoisotopic (exact) mass is 427 g/mol. The van der Waals surface area contributed by atoms with Gasteiger partial charge >= 0.3 is 6.03 Å². The SMILES string of the molecule is Cc1cc(CCC(=O)c2sc(N3CCN(Cc4ccc(F)cc4)C3=O)nc2C)n[nH]1. The van der Waals surface area contributed by atoms with Crippen molar-refractivity contribution in [3.05, 3.63) is 63.7 Å². The molecule has 0 radical (unpaired) electrons. The second-order valence-corrected chi connectivity index (χ2v) is 8.34. The number of halogens is 1. The summed E-state index contributed by atoms with van der Waals surface area (Å²) >= 11 is 1.26. The van der Waals surface area contributed by atoms with Crippen molar-refractivity contribution in [2.75, 3.05) is 18.0 Å². The Morgan fingerprint density at radius 1 is 1.23 bits per heavy atom. The van der Waals surface area contributed by atoms with Crippen LogP contribution in [0.2, 0.25) is 0 Å². The Bertz CT molecular complexity index is 1080. The van der Waals surface area contributed by atoms with E-state index in [2.05, 4.69) is 15.2 Å². The van der Waals surface area contributed by atoms with Crippen LogP contribution < -0.4 is 4.90 Å². The summed E-state index contributed by atoms with van der Waals surface area (Å²) in [6.45, 7) is 5.19. The fourth-order valence-corrected chi connectivity index (χ4v) is 4.49. The van der Waals surface area contributed by atoms with Crippen molar-refractivity contribution in [1.82, 2.24) is 20.1 Å². The molecule has 4 rings (SSSR count). The molecule has 1 aliphatic heterocycles. The van der Waals surface area contributed by atoms with E-state index in [-0.39, 0.29) is 17.6 Å². The van der Waals surface area contributed by atoms with Gasteiger partial charge in [0, 0.05) is 31.7 Å². The summed E-state index contributed by atoms with van der Waals surface area (Å²) < 4.78 is 13.1. The van der Waals surface area contributed by atoms with E-state index in [4.69, 9.17) is 0 Å². The van der Waals surface area contributed by atoms with Gasteiger partial charge in [0.1, 0.15) is 5.82 Å². The van der Waals surface area contributed by atoms with Crippen LogP contribution in [0.1, 0.15) is 38.7 Å². The standard InChI is InChI=1S/C21H22FN5O2S/c1-13-11-17(25-24-13)7-8-18(28)19-14(2)23-20(30-19)27-10-9-26(21(27)29)12-15-3-5-16(22)6-4-15/h3-6,11H,7-10,12H2,1-2H3,(H,24,25). The third-order valence-electron chi connectivity index (χ3n) is 5.02. The lowest BCUT2D eigenvalue weighted by atomic mass is 10.1. The highest BCUT2D eigenvalue weighted by molar-refractivity contribution is 7.17. The van der Waals surface area contributed by atoms with Gasteiger partial charge in [-0.1, -0.05) is 23.5 Å². The minimum Gasteiger partial charge on any atom is -0.318 e. The van der Waals surface area contributed by atoms with Gasteiger partial charge in [-0.15, -0.1) is 0 Å². The molecule has 0 aliphatic carbocycles. The molecule has 156 valence electrons. The van der Waals surface area contributed by atoms with Crippen LogP contribution in [-0.4, -0.2) is 45.0 Å². The van der Waals surface area contributed by atoms with Gasteiger partial charge in [0.25, 0.3) is 0 Å². The van der Waals surface area contributed by atoms with Crippen molar-refractivity contribution >= 4 is 28.3 Å². The first kappa shape index (κ1) is 20.2. The van der Waals surface area contributed by atoms with E-state index in [0.717, 1.165) is 17.0 Å². The van der Waals surface area contributed by atoms with Crippen LogP contribution in [-0.2, 0) is 13.0 Å². The van der Waals surface area contributed by atoms with Crippen LogP contribution in [0.4, 0.5) is 14.3 Å². The molecule has 0 bridgehead atoms. The van der Waals surface area contributed by atoms with E-state index in [0.29, 0.717) is 48.2 Å². The van der Waals surface area contributed by atoms with Crippen LogP contribution in [0.3, 0.4) is 0 Å². The molecule has 1 fully saturated rings. The topological polar surface area (TPSA) is 82.2 Å². The normalized spacial score (nSPS) is 14.0. The average molecular weight is 428 g/mol. The van der Waals surface area contributed by atoms with E-state index in [1.54, 1.807) is 28.9 Å². The van der Waals surface area contributed by atoms with E-state index in [1.165, 1.54) is 23.5 Å². The number of Topliss-reactive ketones (excluding diaryl/α,β-unsaturated/α-hetero) is 1. The van der Waals surface area contributed by atoms with Gasteiger partial charge in [0.05, 0.1) is 16.3 Å². The molecule has 1 saturated heterocycles. The summed E-state index contributed by atoms with van der Waals surface area (Å²) in [4.78, 5) is 33.9. The number of carbonyl (C=O) groups is 2. The Morgan fingerprint density at radius 2 is 2.00 bits per heavy atom. The maximum atomic E-state index is 13.1. The third-order valence-corrected chi connectivity index (χ3v) is 6.24. The number of H-pyrrole nitrogens is 1. The molecule has 3 aromatic rings. The summed E-state index contributed by atoms with van der Waals surface area (Å²) in [7, 11) is 0. The van der Waals surface area contributed by atoms with Crippen molar-refractivity contribution in [1.29, 1.82) is 0 Å². The minimum absolute atomic E-state index is 0.00622.